The van der Waals surface area contributed by atoms with Gasteiger partial charge in [-0.2, -0.15) is 5.10 Å². The molecule has 0 fully saturated rings. The Hall–Kier alpha value is -1.99. The number of halogens is 1. The maximum Gasteiger partial charge on any atom is 0.360 e. The highest BCUT2D eigenvalue weighted by Crippen LogP contribution is 2.26. The van der Waals surface area contributed by atoms with Crippen molar-refractivity contribution in [1.29, 1.82) is 0 Å². The van der Waals surface area contributed by atoms with Crippen molar-refractivity contribution in [2.45, 2.75) is 20.0 Å². The molecule has 0 atom stereocenters. The summed E-state index contributed by atoms with van der Waals surface area (Å²) in [5.74, 6) is -0.344. The minimum absolute atomic E-state index is 0.0882. The van der Waals surface area contributed by atoms with E-state index in [1.807, 2.05) is 30.3 Å². The Balaban J connectivity index is 1.72. The maximum atomic E-state index is 12.4. The van der Waals surface area contributed by atoms with Crippen molar-refractivity contribution in [3.63, 3.8) is 0 Å². The first-order valence-electron chi connectivity index (χ1n) is 7.83. The molecule has 7 heteroatoms. The quantitative estimate of drug-likeness (QED) is 0.578. The van der Waals surface area contributed by atoms with Crippen molar-refractivity contribution in [3.8, 4) is 0 Å². The largest absolute Gasteiger partial charge is 0.461 e. The van der Waals surface area contributed by atoms with Crippen LogP contribution in [-0.4, -0.2) is 46.1 Å². The van der Waals surface area contributed by atoms with Gasteiger partial charge >= 0.3 is 5.97 Å². The Morgan fingerprint density at radius 1 is 1.25 bits per heavy atom. The molecule has 1 aliphatic heterocycles. The highest BCUT2D eigenvalue weighted by molar-refractivity contribution is 9.10. The van der Waals surface area contributed by atoms with Crippen LogP contribution in [0.4, 0.5) is 0 Å². The summed E-state index contributed by atoms with van der Waals surface area (Å²) in [6.45, 7) is 4.32. The molecule has 24 heavy (non-hydrogen) atoms. The number of ketones is 1. The van der Waals surface area contributed by atoms with Gasteiger partial charge in [0.25, 0.3) is 0 Å². The van der Waals surface area contributed by atoms with Crippen LogP contribution in [-0.2, 0) is 17.8 Å². The number of carbonyl (C=O) groups is 2. The second-order valence-corrected chi connectivity index (χ2v) is 6.35. The molecule has 0 saturated carbocycles. The van der Waals surface area contributed by atoms with Gasteiger partial charge in [0.15, 0.2) is 11.5 Å². The molecular weight excluding hydrogens is 374 g/mol. The van der Waals surface area contributed by atoms with Crippen LogP contribution in [0, 0.1) is 0 Å². The van der Waals surface area contributed by atoms with Crippen LogP contribution in [0.15, 0.2) is 34.8 Å². The second kappa shape index (κ2) is 7.27. The monoisotopic (exact) mass is 391 g/mol. The Morgan fingerprint density at radius 2 is 2.00 bits per heavy atom. The summed E-state index contributed by atoms with van der Waals surface area (Å²) in [7, 11) is 0. The number of aromatic nitrogens is 2. The van der Waals surface area contributed by atoms with Gasteiger partial charge in [-0.25, -0.2) is 4.79 Å². The number of rotatable bonds is 5. The van der Waals surface area contributed by atoms with Crippen molar-refractivity contribution in [3.05, 3.63) is 51.8 Å². The number of carbonyl (C=O) groups excluding carboxylic acids is 2. The van der Waals surface area contributed by atoms with E-state index in [9.17, 15) is 9.59 Å². The van der Waals surface area contributed by atoms with Gasteiger partial charge in [-0.1, -0.05) is 30.3 Å². The van der Waals surface area contributed by atoms with E-state index in [0.717, 1.165) is 5.69 Å². The third-order valence-electron chi connectivity index (χ3n) is 3.93. The van der Waals surface area contributed by atoms with Gasteiger partial charge in [0, 0.05) is 18.7 Å². The van der Waals surface area contributed by atoms with Crippen molar-refractivity contribution in [1.82, 2.24) is 14.7 Å². The lowest BCUT2D eigenvalue weighted by Gasteiger charge is -2.27. The van der Waals surface area contributed by atoms with E-state index in [2.05, 4.69) is 25.9 Å². The minimum Gasteiger partial charge on any atom is -0.461 e. The zero-order valence-corrected chi connectivity index (χ0v) is 15.0. The molecule has 0 amide bonds. The standard InChI is InChI=1S/C17H18BrN3O3/c1-2-24-17(23)16-15(18)13-10-20(8-9-21(13)19-16)11-14(22)12-6-4-3-5-7-12/h3-7H,2,8-11H2,1H3. The molecule has 0 bridgehead atoms. The Morgan fingerprint density at radius 3 is 2.71 bits per heavy atom. The predicted octanol–water partition coefficient (Wildman–Crippen LogP) is 2.52. The minimum atomic E-state index is -0.432. The molecule has 6 nitrogen and oxygen atoms in total. The number of hydrogen-bond donors (Lipinski definition) is 0. The smallest absolute Gasteiger partial charge is 0.360 e. The van der Waals surface area contributed by atoms with E-state index >= 15 is 0 Å². The average molecular weight is 392 g/mol. The summed E-state index contributed by atoms with van der Waals surface area (Å²) in [4.78, 5) is 26.4. The van der Waals surface area contributed by atoms with Gasteiger partial charge in [-0.05, 0) is 22.9 Å². The van der Waals surface area contributed by atoms with Crippen molar-refractivity contribution < 1.29 is 14.3 Å². The fraction of sp³-hybridized carbons (Fsp3) is 0.353. The highest BCUT2D eigenvalue weighted by Gasteiger charge is 2.27. The molecule has 2 heterocycles. The molecule has 0 N–H and O–H groups in total. The molecule has 0 radical (unpaired) electrons. The van der Waals surface area contributed by atoms with E-state index in [0.29, 0.717) is 48.5 Å². The summed E-state index contributed by atoms with van der Waals surface area (Å²) in [6, 6.07) is 9.27. The average Bonchev–Trinajstić information content (AvgIpc) is 2.93. The lowest BCUT2D eigenvalue weighted by molar-refractivity contribution is 0.0517. The summed E-state index contributed by atoms with van der Waals surface area (Å²) >= 11 is 3.45. The molecule has 1 aromatic heterocycles. The number of hydrogen-bond acceptors (Lipinski definition) is 5. The Bertz CT molecular complexity index is 758. The van der Waals surface area contributed by atoms with E-state index in [-0.39, 0.29) is 5.78 Å². The van der Waals surface area contributed by atoms with E-state index < -0.39 is 5.97 Å². The summed E-state index contributed by atoms with van der Waals surface area (Å²) in [5, 5.41) is 4.32. The van der Waals surface area contributed by atoms with E-state index in [4.69, 9.17) is 4.74 Å². The fourth-order valence-corrected chi connectivity index (χ4v) is 3.29. The molecule has 0 unspecified atom stereocenters. The van der Waals surface area contributed by atoms with Gasteiger partial charge in [0.1, 0.15) is 0 Å². The molecule has 0 spiro atoms. The molecule has 2 aromatic rings. The van der Waals surface area contributed by atoms with E-state index in [1.165, 1.54) is 0 Å². The molecule has 126 valence electrons. The van der Waals surface area contributed by atoms with E-state index in [1.54, 1.807) is 11.6 Å². The van der Waals surface area contributed by atoms with Crippen LogP contribution in [0.3, 0.4) is 0 Å². The van der Waals surface area contributed by atoms with Crippen molar-refractivity contribution >= 4 is 27.7 Å². The molecule has 1 aromatic carbocycles. The highest BCUT2D eigenvalue weighted by atomic mass is 79.9. The molecular formula is C17H18BrN3O3. The predicted molar refractivity (Wildman–Crippen MR) is 91.9 cm³/mol. The lowest BCUT2D eigenvalue weighted by atomic mass is 10.1. The van der Waals surface area contributed by atoms with Crippen LogP contribution in [0.2, 0.25) is 0 Å². The van der Waals surface area contributed by atoms with Crippen LogP contribution >= 0.6 is 15.9 Å². The van der Waals surface area contributed by atoms with Crippen LogP contribution in [0.5, 0.6) is 0 Å². The number of fused-ring (bicyclic) bond motifs is 1. The number of esters is 1. The maximum absolute atomic E-state index is 12.4. The first-order chi connectivity index (χ1) is 11.6. The zero-order valence-electron chi connectivity index (χ0n) is 13.4. The number of benzene rings is 1. The summed E-state index contributed by atoms with van der Waals surface area (Å²) in [6.07, 6.45) is 0. The molecule has 0 aliphatic carbocycles. The Kier molecular flexibility index (Phi) is 5.11. The van der Waals surface area contributed by atoms with Crippen LogP contribution in [0.1, 0.15) is 33.5 Å². The summed E-state index contributed by atoms with van der Waals surface area (Å²) in [5.41, 5.74) is 1.90. The first kappa shape index (κ1) is 16.9. The normalized spacial score (nSPS) is 14.2. The Labute approximate surface area is 148 Å². The topological polar surface area (TPSA) is 64.4 Å². The van der Waals surface area contributed by atoms with Crippen LogP contribution in [0.25, 0.3) is 0 Å². The molecule has 1 aliphatic rings. The summed E-state index contributed by atoms with van der Waals surface area (Å²) < 4.78 is 7.48. The van der Waals surface area contributed by atoms with Crippen molar-refractivity contribution in [2.75, 3.05) is 19.7 Å². The van der Waals surface area contributed by atoms with Crippen LogP contribution < -0.4 is 0 Å². The SMILES string of the molecule is CCOC(=O)c1nn2c(c1Br)CN(CC(=O)c1ccccc1)CC2. The number of Topliss-reactive ketones (excluding diaryl/α,β-unsaturated/α-hetero) is 1. The zero-order chi connectivity index (χ0) is 17.1. The third-order valence-corrected chi connectivity index (χ3v) is 4.76. The number of ether oxygens (including phenoxy) is 1. The van der Waals surface area contributed by atoms with Gasteiger partial charge in [0.05, 0.1) is 29.9 Å². The van der Waals surface area contributed by atoms with Gasteiger partial charge in [-0.15, -0.1) is 0 Å². The second-order valence-electron chi connectivity index (χ2n) is 5.55. The third kappa shape index (κ3) is 3.42. The first-order valence-corrected chi connectivity index (χ1v) is 8.62. The van der Waals surface area contributed by atoms with Gasteiger partial charge in [0.2, 0.25) is 0 Å². The molecule has 3 rings (SSSR count). The lowest BCUT2D eigenvalue weighted by Crippen LogP contribution is -2.37. The number of nitrogens with zero attached hydrogens (tertiary/aromatic N) is 3. The van der Waals surface area contributed by atoms with Gasteiger partial charge < -0.3 is 4.74 Å². The fourth-order valence-electron chi connectivity index (χ4n) is 2.72. The van der Waals surface area contributed by atoms with Crippen molar-refractivity contribution in [2.24, 2.45) is 0 Å². The molecule has 0 saturated heterocycles. The van der Waals surface area contributed by atoms with Gasteiger partial charge in [-0.3, -0.25) is 14.4 Å².